The molecule has 0 bridgehead atoms. The topological polar surface area (TPSA) is 20.2 Å². The summed E-state index contributed by atoms with van der Waals surface area (Å²) in [5.41, 5.74) is 2.80. The van der Waals surface area contributed by atoms with Crippen molar-refractivity contribution < 1.29 is 0 Å². The van der Waals surface area contributed by atoms with E-state index >= 15 is 0 Å². The number of nitrogens with one attached hydrogen (secondary N) is 1. The summed E-state index contributed by atoms with van der Waals surface area (Å²) in [6, 6.07) is 8.87. The van der Waals surface area contributed by atoms with E-state index in [1.54, 1.807) is 0 Å². The molecule has 0 aliphatic carbocycles. The Morgan fingerprint density at radius 1 is 1.10 bits per heavy atom. The molecule has 3 heteroatoms. The lowest BCUT2D eigenvalue weighted by molar-refractivity contribution is 0.292. The lowest BCUT2D eigenvalue weighted by Gasteiger charge is -2.19. The Labute approximate surface area is 128 Å². The smallest absolute Gasteiger partial charge is 0.0526 e. The molecule has 0 saturated heterocycles. The molecule has 2 aromatic rings. The number of rotatable bonds is 9. The van der Waals surface area contributed by atoms with Gasteiger partial charge < -0.3 is 14.8 Å². The standard InChI is InChI=1S/C18H29N3/c1-4-11-19-15-17-9-7-8-16-10-12-21(18(16)17)14-13-20(5-2)6-3/h7-10,12,19H,4-6,11,13-15H2,1-3H3. The van der Waals surface area contributed by atoms with Crippen molar-refractivity contribution in [2.24, 2.45) is 0 Å². The van der Waals surface area contributed by atoms with Crippen LogP contribution in [-0.2, 0) is 13.1 Å². The van der Waals surface area contributed by atoms with Crippen LogP contribution in [0.5, 0.6) is 0 Å². The van der Waals surface area contributed by atoms with Gasteiger partial charge in [-0.2, -0.15) is 0 Å². The maximum Gasteiger partial charge on any atom is 0.0526 e. The van der Waals surface area contributed by atoms with Crippen molar-refractivity contribution in [2.45, 2.75) is 40.3 Å². The first-order valence-electron chi connectivity index (χ1n) is 8.29. The van der Waals surface area contributed by atoms with Gasteiger partial charge in [0.05, 0.1) is 5.52 Å². The molecule has 0 aliphatic rings. The fourth-order valence-corrected chi connectivity index (χ4v) is 2.86. The summed E-state index contributed by atoms with van der Waals surface area (Å²) in [5.74, 6) is 0. The van der Waals surface area contributed by atoms with Crippen LogP contribution in [0.3, 0.4) is 0 Å². The van der Waals surface area contributed by atoms with E-state index in [9.17, 15) is 0 Å². The molecule has 1 aromatic heterocycles. The van der Waals surface area contributed by atoms with Gasteiger partial charge in [-0.3, -0.25) is 0 Å². The van der Waals surface area contributed by atoms with Gasteiger partial charge in [0, 0.05) is 25.8 Å². The van der Waals surface area contributed by atoms with Crippen molar-refractivity contribution in [1.29, 1.82) is 0 Å². The van der Waals surface area contributed by atoms with E-state index in [-0.39, 0.29) is 0 Å². The zero-order valence-corrected chi connectivity index (χ0v) is 13.7. The van der Waals surface area contributed by atoms with Gasteiger partial charge in [-0.05, 0) is 43.1 Å². The molecule has 21 heavy (non-hydrogen) atoms. The fraction of sp³-hybridized carbons (Fsp3) is 0.556. The molecule has 3 nitrogen and oxygen atoms in total. The summed E-state index contributed by atoms with van der Waals surface area (Å²) in [6.07, 6.45) is 3.41. The highest BCUT2D eigenvalue weighted by molar-refractivity contribution is 5.83. The molecule has 2 rings (SSSR count). The van der Waals surface area contributed by atoms with Crippen LogP contribution in [0.2, 0.25) is 0 Å². The number of benzene rings is 1. The van der Waals surface area contributed by atoms with Gasteiger partial charge >= 0.3 is 0 Å². The molecule has 0 aliphatic heterocycles. The van der Waals surface area contributed by atoms with E-state index in [2.05, 4.69) is 66.0 Å². The van der Waals surface area contributed by atoms with E-state index in [1.807, 2.05) is 0 Å². The maximum atomic E-state index is 3.52. The third-order valence-corrected chi connectivity index (χ3v) is 4.17. The second kappa shape index (κ2) is 8.20. The number of para-hydroxylation sites is 1. The maximum absolute atomic E-state index is 3.52. The van der Waals surface area contributed by atoms with Crippen molar-refractivity contribution in [2.75, 3.05) is 26.2 Å². The summed E-state index contributed by atoms with van der Waals surface area (Å²) >= 11 is 0. The Kier molecular flexibility index (Phi) is 6.27. The van der Waals surface area contributed by atoms with Gasteiger partial charge in [-0.1, -0.05) is 39.0 Å². The van der Waals surface area contributed by atoms with Crippen LogP contribution in [0.15, 0.2) is 30.5 Å². The van der Waals surface area contributed by atoms with E-state index in [0.717, 1.165) is 39.3 Å². The van der Waals surface area contributed by atoms with Crippen molar-refractivity contribution in [3.05, 3.63) is 36.0 Å². The summed E-state index contributed by atoms with van der Waals surface area (Å²) in [4.78, 5) is 2.48. The molecule has 116 valence electrons. The van der Waals surface area contributed by atoms with Crippen LogP contribution >= 0.6 is 0 Å². The van der Waals surface area contributed by atoms with Gasteiger partial charge in [-0.15, -0.1) is 0 Å². The lowest BCUT2D eigenvalue weighted by atomic mass is 10.1. The van der Waals surface area contributed by atoms with Gasteiger partial charge in [0.1, 0.15) is 0 Å². The van der Waals surface area contributed by atoms with Crippen molar-refractivity contribution in [3.63, 3.8) is 0 Å². The molecule has 0 atom stereocenters. The number of hydrogen-bond acceptors (Lipinski definition) is 2. The number of nitrogens with zero attached hydrogens (tertiary/aromatic N) is 2. The molecule has 0 spiro atoms. The van der Waals surface area contributed by atoms with Gasteiger partial charge in [-0.25, -0.2) is 0 Å². The van der Waals surface area contributed by atoms with Crippen LogP contribution < -0.4 is 5.32 Å². The average molecular weight is 287 g/mol. The van der Waals surface area contributed by atoms with Crippen molar-refractivity contribution in [1.82, 2.24) is 14.8 Å². The van der Waals surface area contributed by atoms with E-state index in [1.165, 1.54) is 22.9 Å². The van der Waals surface area contributed by atoms with E-state index < -0.39 is 0 Å². The second-order valence-electron chi connectivity index (χ2n) is 5.57. The third kappa shape index (κ3) is 4.08. The number of aromatic nitrogens is 1. The van der Waals surface area contributed by atoms with Crippen LogP contribution in [0.4, 0.5) is 0 Å². The zero-order valence-electron chi connectivity index (χ0n) is 13.7. The van der Waals surface area contributed by atoms with Gasteiger partial charge in [0.2, 0.25) is 0 Å². The Morgan fingerprint density at radius 3 is 2.62 bits per heavy atom. The average Bonchev–Trinajstić information content (AvgIpc) is 2.93. The summed E-state index contributed by atoms with van der Waals surface area (Å²) in [6.45, 7) is 13.1. The largest absolute Gasteiger partial charge is 0.346 e. The predicted octanol–water partition coefficient (Wildman–Crippen LogP) is 3.48. The monoisotopic (exact) mass is 287 g/mol. The highest BCUT2D eigenvalue weighted by Crippen LogP contribution is 2.20. The number of hydrogen-bond donors (Lipinski definition) is 1. The normalized spacial score (nSPS) is 11.6. The molecule has 0 unspecified atom stereocenters. The van der Waals surface area contributed by atoms with Crippen LogP contribution in [0, 0.1) is 0 Å². The molecule has 1 N–H and O–H groups in total. The highest BCUT2D eigenvalue weighted by Gasteiger charge is 2.07. The van der Waals surface area contributed by atoms with Crippen molar-refractivity contribution in [3.8, 4) is 0 Å². The van der Waals surface area contributed by atoms with E-state index in [4.69, 9.17) is 0 Å². The highest BCUT2D eigenvalue weighted by atomic mass is 15.1. The fourth-order valence-electron chi connectivity index (χ4n) is 2.86. The quantitative estimate of drug-likeness (QED) is 0.713. The van der Waals surface area contributed by atoms with Crippen LogP contribution in [-0.4, -0.2) is 35.6 Å². The summed E-state index contributed by atoms with van der Waals surface area (Å²) < 4.78 is 2.41. The first-order chi connectivity index (χ1) is 10.3. The minimum atomic E-state index is 0.959. The molecular weight excluding hydrogens is 258 g/mol. The molecule has 0 amide bonds. The molecule has 0 saturated carbocycles. The first-order valence-corrected chi connectivity index (χ1v) is 8.29. The Bertz CT molecular complexity index is 540. The Hall–Kier alpha value is -1.32. The third-order valence-electron chi connectivity index (χ3n) is 4.17. The number of likely N-dealkylation sites (N-methyl/N-ethyl adjacent to an activating group) is 1. The second-order valence-corrected chi connectivity index (χ2v) is 5.57. The molecular formula is C18H29N3. The summed E-state index contributed by atoms with van der Waals surface area (Å²) in [5, 5.41) is 4.88. The van der Waals surface area contributed by atoms with E-state index in [0.29, 0.717) is 0 Å². The lowest BCUT2D eigenvalue weighted by Crippen LogP contribution is -2.27. The predicted molar refractivity (Wildman–Crippen MR) is 91.7 cm³/mol. The minimum Gasteiger partial charge on any atom is -0.346 e. The van der Waals surface area contributed by atoms with Gasteiger partial charge in [0.15, 0.2) is 0 Å². The minimum absolute atomic E-state index is 0.959. The molecule has 1 heterocycles. The molecule has 0 fully saturated rings. The summed E-state index contributed by atoms with van der Waals surface area (Å²) in [7, 11) is 0. The Morgan fingerprint density at radius 2 is 1.90 bits per heavy atom. The zero-order chi connectivity index (χ0) is 15.1. The molecule has 1 aromatic carbocycles. The van der Waals surface area contributed by atoms with Gasteiger partial charge in [0.25, 0.3) is 0 Å². The Balaban J connectivity index is 2.15. The van der Waals surface area contributed by atoms with Crippen LogP contribution in [0.1, 0.15) is 32.8 Å². The van der Waals surface area contributed by atoms with Crippen molar-refractivity contribution >= 4 is 10.9 Å². The number of fused-ring (bicyclic) bond motifs is 1. The molecule has 0 radical (unpaired) electrons. The van der Waals surface area contributed by atoms with Crippen LogP contribution in [0.25, 0.3) is 10.9 Å². The first kappa shape index (κ1) is 16.1. The SMILES string of the molecule is CCCNCc1cccc2ccn(CCN(CC)CC)c12.